The van der Waals surface area contributed by atoms with E-state index >= 15 is 0 Å². The summed E-state index contributed by atoms with van der Waals surface area (Å²) >= 11 is 0. The highest BCUT2D eigenvalue weighted by Crippen LogP contribution is 2.26. The largest absolute Gasteiger partial charge is 0.497 e. The average molecular weight is 505 g/mol. The number of carbonyl (C=O) groups is 2. The Kier molecular flexibility index (Phi) is 9.67. The van der Waals surface area contributed by atoms with Crippen molar-refractivity contribution >= 4 is 27.7 Å². The van der Waals surface area contributed by atoms with E-state index < -0.39 is 28.7 Å². The van der Waals surface area contributed by atoms with Crippen molar-refractivity contribution in [3.63, 3.8) is 0 Å². The smallest absolute Gasteiger partial charge is 0.304 e. The summed E-state index contributed by atoms with van der Waals surface area (Å²) < 4.78 is 34.0. The number of likely N-dealkylation sites (N-methyl/N-ethyl adjacent to an activating group) is 1. The molecule has 0 saturated carbocycles. The first-order valence-electron chi connectivity index (χ1n) is 11.4. The molecule has 0 bridgehead atoms. The second-order valence-corrected chi connectivity index (χ2v) is 10.6. The van der Waals surface area contributed by atoms with Crippen LogP contribution in [0.1, 0.15) is 30.5 Å². The molecule has 2 amide bonds. The molecule has 0 heterocycles. The number of benzene rings is 2. The summed E-state index contributed by atoms with van der Waals surface area (Å²) in [5, 5.41) is 2.74. The topological polar surface area (TPSA) is 99.3 Å². The highest BCUT2D eigenvalue weighted by atomic mass is 32.2. The van der Waals surface area contributed by atoms with E-state index in [1.54, 1.807) is 52.1 Å². The van der Waals surface area contributed by atoms with Gasteiger partial charge >= 0.3 is 10.2 Å². The number of ether oxygens (including phenoxy) is 1. The number of nitrogens with zero attached hydrogens (tertiary/aromatic N) is 3. The van der Waals surface area contributed by atoms with Gasteiger partial charge in [0.25, 0.3) is 0 Å². The minimum absolute atomic E-state index is 0.108. The Hall–Kier alpha value is -3.11. The van der Waals surface area contributed by atoms with Crippen LogP contribution in [0.25, 0.3) is 0 Å². The van der Waals surface area contributed by atoms with E-state index in [9.17, 15) is 18.0 Å². The fraction of sp³-hybridized carbons (Fsp3) is 0.440. The van der Waals surface area contributed by atoms with Crippen LogP contribution >= 0.6 is 0 Å². The van der Waals surface area contributed by atoms with Crippen molar-refractivity contribution in [3.8, 4) is 5.75 Å². The maximum absolute atomic E-state index is 13.7. The zero-order valence-electron chi connectivity index (χ0n) is 21.5. The Labute approximate surface area is 208 Å². The monoisotopic (exact) mass is 504 g/mol. The van der Waals surface area contributed by atoms with Crippen LogP contribution in [0.3, 0.4) is 0 Å². The molecule has 0 unspecified atom stereocenters. The molecule has 1 atom stereocenters. The van der Waals surface area contributed by atoms with Crippen molar-refractivity contribution in [1.29, 1.82) is 0 Å². The van der Waals surface area contributed by atoms with E-state index in [0.29, 0.717) is 23.5 Å². The molecular weight excluding hydrogens is 468 g/mol. The molecular formula is C25H36N4O5S. The van der Waals surface area contributed by atoms with E-state index in [4.69, 9.17) is 4.74 Å². The van der Waals surface area contributed by atoms with E-state index in [-0.39, 0.29) is 12.5 Å². The normalized spacial score (nSPS) is 12.2. The Balaban J connectivity index is 2.51. The Bertz CT molecular complexity index is 1150. The van der Waals surface area contributed by atoms with Crippen LogP contribution in [-0.2, 0) is 26.3 Å². The first-order chi connectivity index (χ1) is 16.4. The summed E-state index contributed by atoms with van der Waals surface area (Å²) in [4.78, 5) is 27.8. The predicted octanol–water partition coefficient (Wildman–Crippen LogP) is 2.48. The maximum atomic E-state index is 13.7. The number of methoxy groups -OCH3 is 1. The zero-order chi connectivity index (χ0) is 26.3. The number of nitrogens with one attached hydrogen (secondary N) is 1. The lowest BCUT2D eigenvalue weighted by molar-refractivity contribution is -0.139. The van der Waals surface area contributed by atoms with Crippen LogP contribution in [0, 0.1) is 13.8 Å². The molecule has 9 nitrogen and oxygen atoms in total. The van der Waals surface area contributed by atoms with E-state index in [1.807, 2.05) is 25.1 Å². The van der Waals surface area contributed by atoms with Crippen LogP contribution in [0.5, 0.6) is 5.75 Å². The lowest BCUT2D eigenvalue weighted by Gasteiger charge is -2.33. The number of hydrogen-bond donors (Lipinski definition) is 1. The summed E-state index contributed by atoms with van der Waals surface area (Å²) in [6, 6.07) is 11.8. The van der Waals surface area contributed by atoms with Crippen LogP contribution < -0.4 is 14.4 Å². The number of amides is 2. The maximum Gasteiger partial charge on any atom is 0.304 e. The van der Waals surface area contributed by atoms with Gasteiger partial charge in [-0.15, -0.1) is 0 Å². The summed E-state index contributed by atoms with van der Waals surface area (Å²) in [7, 11) is 0.388. The van der Waals surface area contributed by atoms with E-state index in [1.165, 1.54) is 19.0 Å². The van der Waals surface area contributed by atoms with Gasteiger partial charge in [-0.1, -0.05) is 24.3 Å². The molecule has 1 N–H and O–H groups in total. The van der Waals surface area contributed by atoms with Crippen molar-refractivity contribution in [1.82, 2.24) is 14.5 Å². The zero-order valence-corrected chi connectivity index (χ0v) is 22.3. The molecule has 10 heteroatoms. The van der Waals surface area contributed by atoms with Crippen molar-refractivity contribution < 1.29 is 22.7 Å². The molecule has 2 aromatic rings. The number of anilines is 1. The molecule has 0 radical (unpaired) electrons. The van der Waals surface area contributed by atoms with Gasteiger partial charge in [0.2, 0.25) is 11.8 Å². The Morgan fingerprint density at radius 3 is 2.37 bits per heavy atom. The third-order valence-electron chi connectivity index (χ3n) is 5.66. The number of hydrogen-bond acceptors (Lipinski definition) is 5. The lowest BCUT2D eigenvalue weighted by Crippen LogP contribution is -2.52. The van der Waals surface area contributed by atoms with Gasteiger partial charge in [-0.3, -0.25) is 9.59 Å². The first kappa shape index (κ1) is 28.1. The first-order valence-corrected chi connectivity index (χ1v) is 12.8. The van der Waals surface area contributed by atoms with Crippen LogP contribution in [0.4, 0.5) is 5.69 Å². The third kappa shape index (κ3) is 6.95. The van der Waals surface area contributed by atoms with Gasteiger partial charge in [0, 0.05) is 27.2 Å². The van der Waals surface area contributed by atoms with Crippen molar-refractivity contribution in [2.45, 2.75) is 40.3 Å². The highest BCUT2D eigenvalue weighted by Gasteiger charge is 2.33. The summed E-state index contributed by atoms with van der Waals surface area (Å²) in [5.41, 5.74) is 2.74. The van der Waals surface area contributed by atoms with Gasteiger partial charge in [-0.05, 0) is 62.6 Å². The van der Waals surface area contributed by atoms with E-state index in [2.05, 4.69) is 5.32 Å². The van der Waals surface area contributed by atoms with Crippen molar-refractivity contribution in [2.24, 2.45) is 0 Å². The number of carbonyl (C=O) groups excluding carboxylic acids is 2. The predicted molar refractivity (Wildman–Crippen MR) is 138 cm³/mol. The Morgan fingerprint density at radius 2 is 1.77 bits per heavy atom. The van der Waals surface area contributed by atoms with Crippen molar-refractivity contribution in [2.75, 3.05) is 38.6 Å². The summed E-state index contributed by atoms with van der Waals surface area (Å²) in [6.07, 6.45) is 0. The lowest BCUT2D eigenvalue weighted by atomic mass is 10.1. The molecule has 0 fully saturated rings. The standard InChI is InChI=1S/C25H36N4O5S/c1-8-26-25(31)20(4)28(16-21-10-9-11-22(15-21)34-7)24(30)17-29(35(32,33)27(5)6)23-14-18(2)12-13-19(23)3/h9-15,20H,8,16-17H2,1-7H3,(H,26,31)/t20-/m0/s1. The minimum atomic E-state index is -4.00. The Morgan fingerprint density at radius 1 is 1.09 bits per heavy atom. The van der Waals surface area contributed by atoms with Gasteiger partial charge in [0.1, 0.15) is 18.3 Å². The second kappa shape index (κ2) is 12.0. The molecule has 192 valence electrons. The number of rotatable bonds is 11. The molecule has 0 saturated heterocycles. The summed E-state index contributed by atoms with van der Waals surface area (Å²) in [5.74, 6) is -0.205. The van der Waals surface area contributed by atoms with Gasteiger partial charge in [-0.2, -0.15) is 12.7 Å². The number of aryl methyl sites for hydroxylation is 2. The summed E-state index contributed by atoms with van der Waals surface area (Å²) in [6.45, 7) is 7.14. The quantitative estimate of drug-likeness (QED) is 0.507. The minimum Gasteiger partial charge on any atom is -0.497 e. The second-order valence-electron chi connectivity index (χ2n) is 8.53. The van der Waals surface area contributed by atoms with Gasteiger partial charge in [-0.25, -0.2) is 4.31 Å². The molecule has 0 aliphatic heterocycles. The molecule has 0 spiro atoms. The molecule has 2 rings (SSSR count). The van der Waals surface area contributed by atoms with E-state index in [0.717, 1.165) is 19.7 Å². The van der Waals surface area contributed by atoms with Crippen LogP contribution in [0.15, 0.2) is 42.5 Å². The molecule has 2 aromatic carbocycles. The van der Waals surface area contributed by atoms with Gasteiger partial charge < -0.3 is 15.0 Å². The molecule has 35 heavy (non-hydrogen) atoms. The fourth-order valence-corrected chi connectivity index (χ4v) is 4.68. The van der Waals surface area contributed by atoms with Gasteiger partial charge in [0.05, 0.1) is 12.8 Å². The van der Waals surface area contributed by atoms with Crippen LogP contribution in [0.2, 0.25) is 0 Å². The van der Waals surface area contributed by atoms with Crippen LogP contribution in [-0.4, -0.2) is 69.8 Å². The SMILES string of the molecule is CCNC(=O)[C@H](C)N(Cc1cccc(OC)c1)C(=O)CN(c1cc(C)ccc1C)S(=O)(=O)N(C)C. The average Bonchev–Trinajstić information content (AvgIpc) is 2.82. The molecule has 0 aliphatic carbocycles. The molecule has 0 aliphatic rings. The highest BCUT2D eigenvalue weighted by molar-refractivity contribution is 7.90. The third-order valence-corrected chi connectivity index (χ3v) is 7.46. The van der Waals surface area contributed by atoms with Crippen molar-refractivity contribution in [3.05, 3.63) is 59.2 Å². The molecule has 0 aromatic heterocycles. The van der Waals surface area contributed by atoms with Gasteiger partial charge in [0.15, 0.2) is 0 Å². The fourth-order valence-electron chi connectivity index (χ4n) is 3.56.